The van der Waals surface area contributed by atoms with Crippen molar-refractivity contribution in [2.24, 2.45) is 5.73 Å². The molecular formula is C13H18ClFN2O2. The van der Waals surface area contributed by atoms with Gasteiger partial charge in [0.05, 0.1) is 18.2 Å². The van der Waals surface area contributed by atoms with Gasteiger partial charge in [-0.25, -0.2) is 4.39 Å². The minimum atomic E-state index is -0.535. The molecule has 2 atom stereocenters. The summed E-state index contributed by atoms with van der Waals surface area (Å²) in [6, 6.07) is 2.92. The SMILES string of the molecule is COc1c(F)cc(CN2CCC(N)C(O)C2)cc1Cl. The number of aliphatic hydroxyl groups excluding tert-OH is 1. The third-order valence-corrected chi connectivity index (χ3v) is 3.67. The first kappa shape index (κ1) is 14.5. The van der Waals surface area contributed by atoms with Gasteiger partial charge in [0.1, 0.15) is 0 Å². The number of β-amino-alcohol motifs (C(OH)–C–C–N with tert-alkyl or cyclic N) is 1. The summed E-state index contributed by atoms with van der Waals surface area (Å²) >= 11 is 5.95. The number of nitrogens with zero attached hydrogens (tertiary/aromatic N) is 1. The van der Waals surface area contributed by atoms with Crippen LogP contribution in [0, 0.1) is 5.82 Å². The predicted molar refractivity (Wildman–Crippen MR) is 71.8 cm³/mol. The lowest BCUT2D eigenvalue weighted by molar-refractivity contribution is 0.0499. The lowest BCUT2D eigenvalue weighted by Crippen LogP contribution is -2.50. The molecule has 1 fully saturated rings. The molecule has 0 amide bonds. The van der Waals surface area contributed by atoms with Crippen LogP contribution in [0.3, 0.4) is 0 Å². The molecule has 0 aromatic heterocycles. The first-order valence-electron chi connectivity index (χ1n) is 6.19. The molecule has 0 spiro atoms. The van der Waals surface area contributed by atoms with Crippen molar-refractivity contribution in [2.45, 2.75) is 25.1 Å². The first-order valence-corrected chi connectivity index (χ1v) is 6.57. The minimum Gasteiger partial charge on any atom is -0.492 e. The van der Waals surface area contributed by atoms with E-state index in [4.69, 9.17) is 22.1 Å². The van der Waals surface area contributed by atoms with Crippen LogP contribution in [0.4, 0.5) is 4.39 Å². The highest BCUT2D eigenvalue weighted by atomic mass is 35.5. The van der Waals surface area contributed by atoms with E-state index in [2.05, 4.69) is 0 Å². The van der Waals surface area contributed by atoms with Gasteiger partial charge in [-0.05, 0) is 24.1 Å². The number of hydrogen-bond donors (Lipinski definition) is 2. The van der Waals surface area contributed by atoms with Crippen LogP contribution in [0.25, 0.3) is 0 Å². The van der Waals surface area contributed by atoms with Crippen molar-refractivity contribution in [1.29, 1.82) is 0 Å². The van der Waals surface area contributed by atoms with Crippen molar-refractivity contribution in [3.63, 3.8) is 0 Å². The third kappa shape index (κ3) is 3.36. The van der Waals surface area contributed by atoms with Gasteiger partial charge in [0, 0.05) is 25.7 Å². The number of benzene rings is 1. The summed E-state index contributed by atoms with van der Waals surface area (Å²) in [6.45, 7) is 1.81. The number of halogens is 2. The molecule has 0 radical (unpaired) electrons. The van der Waals surface area contributed by atoms with Gasteiger partial charge in [-0.3, -0.25) is 4.90 Å². The molecule has 0 bridgehead atoms. The van der Waals surface area contributed by atoms with Gasteiger partial charge in [-0.2, -0.15) is 0 Å². The zero-order chi connectivity index (χ0) is 14.0. The minimum absolute atomic E-state index is 0.0612. The maximum atomic E-state index is 13.7. The standard InChI is InChI=1S/C13H18ClFN2O2/c1-19-13-9(14)4-8(5-10(13)15)6-17-3-2-11(16)12(18)7-17/h4-5,11-12,18H,2-3,6-7,16H2,1H3. The van der Waals surface area contributed by atoms with Crippen LogP contribution < -0.4 is 10.5 Å². The Morgan fingerprint density at radius 2 is 2.32 bits per heavy atom. The van der Waals surface area contributed by atoms with E-state index in [9.17, 15) is 9.50 Å². The van der Waals surface area contributed by atoms with Gasteiger partial charge in [0.2, 0.25) is 0 Å². The fourth-order valence-electron chi connectivity index (χ4n) is 2.32. The smallest absolute Gasteiger partial charge is 0.173 e. The molecule has 6 heteroatoms. The second-order valence-electron chi connectivity index (χ2n) is 4.85. The van der Waals surface area contributed by atoms with Crippen LogP contribution in [-0.4, -0.2) is 42.4 Å². The van der Waals surface area contributed by atoms with Gasteiger partial charge in [-0.15, -0.1) is 0 Å². The third-order valence-electron chi connectivity index (χ3n) is 3.39. The van der Waals surface area contributed by atoms with E-state index < -0.39 is 11.9 Å². The Kier molecular flexibility index (Phi) is 4.62. The van der Waals surface area contributed by atoms with Crippen LogP contribution in [0.15, 0.2) is 12.1 Å². The summed E-state index contributed by atoms with van der Waals surface area (Å²) in [5.74, 6) is -0.412. The lowest BCUT2D eigenvalue weighted by Gasteiger charge is -2.34. The molecule has 0 saturated carbocycles. The largest absolute Gasteiger partial charge is 0.492 e. The molecule has 1 aromatic carbocycles. The molecule has 3 N–H and O–H groups in total. The fourth-order valence-corrected chi connectivity index (χ4v) is 2.62. The van der Waals surface area contributed by atoms with Crippen molar-refractivity contribution in [1.82, 2.24) is 4.90 Å². The van der Waals surface area contributed by atoms with Crippen molar-refractivity contribution in [2.75, 3.05) is 20.2 Å². The zero-order valence-electron chi connectivity index (χ0n) is 10.8. The molecule has 4 nitrogen and oxygen atoms in total. The summed E-state index contributed by atoms with van der Waals surface area (Å²) in [5, 5.41) is 9.99. The Morgan fingerprint density at radius 1 is 1.58 bits per heavy atom. The van der Waals surface area contributed by atoms with E-state index in [1.807, 2.05) is 4.90 Å². The fraction of sp³-hybridized carbons (Fsp3) is 0.538. The summed E-state index contributed by atoms with van der Waals surface area (Å²) in [6.07, 6.45) is 0.195. The monoisotopic (exact) mass is 288 g/mol. The molecule has 19 heavy (non-hydrogen) atoms. The van der Waals surface area contributed by atoms with Gasteiger partial charge in [0.15, 0.2) is 11.6 Å². The summed E-state index contributed by atoms with van der Waals surface area (Å²) < 4.78 is 18.6. The van der Waals surface area contributed by atoms with Gasteiger partial charge >= 0.3 is 0 Å². The topological polar surface area (TPSA) is 58.7 Å². The average molecular weight is 289 g/mol. The Hall–Kier alpha value is -0.880. The van der Waals surface area contributed by atoms with Crippen molar-refractivity contribution in [3.8, 4) is 5.75 Å². The van der Waals surface area contributed by atoms with E-state index in [1.165, 1.54) is 13.2 Å². The van der Waals surface area contributed by atoms with Crippen molar-refractivity contribution in [3.05, 3.63) is 28.5 Å². The number of rotatable bonds is 3. The Balaban J connectivity index is 2.07. The molecule has 1 heterocycles. The number of hydrogen-bond acceptors (Lipinski definition) is 4. The first-order chi connectivity index (χ1) is 9.01. The quantitative estimate of drug-likeness (QED) is 0.882. The van der Waals surface area contributed by atoms with Crippen LogP contribution >= 0.6 is 11.6 Å². The summed E-state index contributed by atoms with van der Waals surface area (Å²) in [5.41, 5.74) is 6.50. The molecule has 1 aliphatic heterocycles. The molecule has 2 rings (SSSR count). The van der Waals surface area contributed by atoms with E-state index in [0.29, 0.717) is 13.1 Å². The van der Waals surface area contributed by atoms with E-state index in [-0.39, 0.29) is 16.8 Å². The van der Waals surface area contributed by atoms with E-state index >= 15 is 0 Å². The van der Waals surface area contributed by atoms with E-state index in [1.54, 1.807) is 6.07 Å². The van der Waals surface area contributed by atoms with Crippen molar-refractivity contribution < 1.29 is 14.2 Å². The van der Waals surface area contributed by atoms with Gasteiger partial charge < -0.3 is 15.6 Å². The second kappa shape index (κ2) is 6.05. The Bertz CT molecular complexity index is 435. The molecule has 1 saturated heterocycles. The predicted octanol–water partition coefficient (Wildman–Crippen LogP) is 1.38. The number of piperidine rings is 1. The highest BCUT2D eigenvalue weighted by Gasteiger charge is 2.25. The number of likely N-dealkylation sites (tertiary alicyclic amines) is 1. The van der Waals surface area contributed by atoms with Crippen LogP contribution in [0.5, 0.6) is 5.75 Å². The van der Waals surface area contributed by atoms with Crippen LogP contribution in [0.1, 0.15) is 12.0 Å². The highest BCUT2D eigenvalue weighted by Crippen LogP contribution is 2.29. The summed E-state index contributed by atoms with van der Waals surface area (Å²) in [7, 11) is 1.38. The lowest BCUT2D eigenvalue weighted by atomic mass is 10.0. The number of ether oxygens (including phenoxy) is 1. The number of nitrogens with two attached hydrogens (primary N) is 1. The van der Waals surface area contributed by atoms with Gasteiger partial charge in [0.25, 0.3) is 0 Å². The molecular weight excluding hydrogens is 271 g/mol. The summed E-state index contributed by atoms with van der Waals surface area (Å²) in [4.78, 5) is 2.03. The Labute approximate surface area is 116 Å². The van der Waals surface area contributed by atoms with E-state index in [0.717, 1.165) is 18.5 Å². The zero-order valence-corrected chi connectivity index (χ0v) is 11.5. The van der Waals surface area contributed by atoms with Crippen LogP contribution in [-0.2, 0) is 6.54 Å². The normalized spacial score (nSPS) is 24.5. The molecule has 2 unspecified atom stereocenters. The van der Waals surface area contributed by atoms with Crippen molar-refractivity contribution >= 4 is 11.6 Å². The average Bonchev–Trinajstić information content (AvgIpc) is 2.33. The van der Waals surface area contributed by atoms with Crippen LogP contribution in [0.2, 0.25) is 5.02 Å². The Morgan fingerprint density at radius 3 is 2.89 bits per heavy atom. The maximum Gasteiger partial charge on any atom is 0.173 e. The molecule has 0 aliphatic carbocycles. The molecule has 1 aliphatic rings. The highest BCUT2D eigenvalue weighted by molar-refractivity contribution is 6.32. The maximum absolute atomic E-state index is 13.7. The number of aliphatic hydroxyl groups is 1. The number of methoxy groups -OCH3 is 1. The second-order valence-corrected chi connectivity index (χ2v) is 5.25. The molecule has 1 aromatic rings. The molecule has 106 valence electrons. The van der Waals surface area contributed by atoms with Gasteiger partial charge in [-0.1, -0.05) is 11.6 Å².